The van der Waals surface area contributed by atoms with Gasteiger partial charge in [0.05, 0.1) is 13.0 Å². The van der Waals surface area contributed by atoms with Gasteiger partial charge in [0, 0.05) is 18.6 Å². The average Bonchev–Trinajstić information content (AvgIpc) is 3.30. The van der Waals surface area contributed by atoms with Gasteiger partial charge in [0.15, 0.2) is 11.5 Å². The van der Waals surface area contributed by atoms with Crippen molar-refractivity contribution in [1.29, 1.82) is 0 Å². The fourth-order valence-electron chi connectivity index (χ4n) is 4.60. The first-order valence-corrected chi connectivity index (χ1v) is 9.61. The first-order valence-electron chi connectivity index (χ1n) is 9.61. The number of benzene rings is 2. The molecule has 5 nitrogen and oxygen atoms in total. The molecular formula is C22H26N2O3. The summed E-state index contributed by atoms with van der Waals surface area (Å²) in [5.41, 5.74) is 2.22. The van der Waals surface area contributed by atoms with Gasteiger partial charge in [-0.05, 0) is 49.1 Å². The molecule has 2 aliphatic heterocycles. The molecule has 2 aromatic rings. The minimum Gasteiger partial charge on any atom is -0.504 e. The Hall–Kier alpha value is -2.53. The number of hydrogen-bond acceptors (Lipinski definition) is 4. The normalized spacial score (nSPS) is 24.6. The summed E-state index contributed by atoms with van der Waals surface area (Å²) >= 11 is 0. The van der Waals surface area contributed by atoms with Crippen LogP contribution < -0.4 is 10.1 Å². The van der Waals surface area contributed by atoms with E-state index in [-0.39, 0.29) is 17.6 Å². The zero-order valence-corrected chi connectivity index (χ0v) is 15.6. The van der Waals surface area contributed by atoms with Crippen LogP contribution in [-0.2, 0) is 11.3 Å². The Bertz CT molecular complexity index is 808. The maximum atomic E-state index is 12.9. The van der Waals surface area contributed by atoms with Crippen molar-refractivity contribution in [3.63, 3.8) is 0 Å². The largest absolute Gasteiger partial charge is 0.504 e. The van der Waals surface area contributed by atoms with Crippen molar-refractivity contribution in [3.8, 4) is 11.5 Å². The molecule has 0 aromatic heterocycles. The molecular weight excluding hydrogens is 340 g/mol. The standard InChI is InChI=1S/C22H26N2O3/c1-27-21-12-15(9-10-20(21)25)14-23-22(26)17-13-19(16-6-3-2-4-7-16)24-11-5-8-18(17)24/h2-4,6-7,9-10,12,17-19,25H,5,8,11,13-14H2,1H3,(H,23,26)/t17-,18+,19-/m0/s1. The highest BCUT2D eigenvalue weighted by Crippen LogP contribution is 2.44. The topological polar surface area (TPSA) is 61.8 Å². The van der Waals surface area contributed by atoms with Gasteiger partial charge < -0.3 is 15.2 Å². The number of ether oxygens (including phenoxy) is 1. The minimum atomic E-state index is 0.0247. The van der Waals surface area contributed by atoms with E-state index in [1.807, 2.05) is 6.07 Å². The molecule has 3 atom stereocenters. The van der Waals surface area contributed by atoms with E-state index in [9.17, 15) is 9.90 Å². The van der Waals surface area contributed by atoms with Gasteiger partial charge in [0.2, 0.25) is 5.91 Å². The average molecular weight is 366 g/mol. The number of carbonyl (C=O) groups excluding carboxylic acids is 1. The molecule has 2 fully saturated rings. The second-order valence-corrected chi connectivity index (χ2v) is 7.44. The molecule has 2 aliphatic rings. The summed E-state index contributed by atoms with van der Waals surface area (Å²) in [6.45, 7) is 1.51. The number of nitrogens with zero attached hydrogens (tertiary/aromatic N) is 1. The predicted molar refractivity (Wildman–Crippen MR) is 104 cm³/mol. The highest BCUT2D eigenvalue weighted by molar-refractivity contribution is 5.80. The lowest BCUT2D eigenvalue weighted by Gasteiger charge is -2.24. The summed E-state index contributed by atoms with van der Waals surface area (Å²) in [5.74, 6) is 0.679. The summed E-state index contributed by atoms with van der Waals surface area (Å²) in [4.78, 5) is 15.5. The monoisotopic (exact) mass is 366 g/mol. The van der Waals surface area contributed by atoms with E-state index in [1.165, 1.54) is 12.7 Å². The number of phenols is 1. The van der Waals surface area contributed by atoms with Crippen LogP contribution in [0.25, 0.3) is 0 Å². The van der Waals surface area contributed by atoms with Gasteiger partial charge in [-0.1, -0.05) is 36.4 Å². The third-order valence-corrected chi connectivity index (χ3v) is 5.92. The number of carbonyl (C=O) groups is 1. The maximum absolute atomic E-state index is 12.9. The molecule has 5 heteroatoms. The summed E-state index contributed by atoms with van der Waals surface area (Å²) < 4.78 is 5.14. The molecule has 0 unspecified atom stereocenters. The second kappa shape index (κ2) is 7.61. The van der Waals surface area contributed by atoms with Gasteiger partial charge in [-0.15, -0.1) is 0 Å². The van der Waals surface area contributed by atoms with Crippen LogP contribution in [0, 0.1) is 5.92 Å². The molecule has 2 aromatic carbocycles. The molecule has 2 N–H and O–H groups in total. The number of amides is 1. The Morgan fingerprint density at radius 3 is 2.85 bits per heavy atom. The van der Waals surface area contributed by atoms with Crippen molar-refractivity contribution in [2.24, 2.45) is 5.92 Å². The van der Waals surface area contributed by atoms with E-state index < -0.39 is 0 Å². The van der Waals surface area contributed by atoms with Gasteiger partial charge in [-0.25, -0.2) is 0 Å². The van der Waals surface area contributed by atoms with E-state index in [1.54, 1.807) is 18.2 Å². The van der Waals surface area contributed by atoms with E-state index in [0.29, 0.717) is 24.4 Å². The van der Waals surface area contributed by atoms with E-state index in [0.717, 1.165) is 31.4 Å². The summed E-state index contributed by atoms with van der Waals surface area (Å²) in [7, 11) is 1.52. The van der Waals surface area contributed by atoms with Crippen LogP contribution in [0.2, 0.25) is 0 Å². The molecule has 0 saturated carbocycles. The lowest BCUT2D eigenvalue weighted by molar-refractivity contribution is -0.125. The number of methoxy groups -OCH3 is 1. The third kappa shape index (κ3) is 3.52. The first kappa shape index (κ1) is 17.9. The van der Waals surface area contributed by atoms with Gasteiger partial charge in [0.1, 0.15) is 0 Å². The first-order chi connectivity index (χ1) is 13.2. The Balaban J connectivity index is 1.44. The second-order valence-electron chi connectivity index (χ2n) is 7.44. The van der Waals surface area contributed by atoms with E-state index in [4.69, 9.17) is 4.74 Å². The summed E-state index contributed by atoms with van der Waals surface area (Å²) in [5, 5.41) is 12.8. The number of phenolic OH excluding ortho intramolecular Hbond substituents is 1. The van der Waals surface area contributed by atoms with Crippen molar-refractivity contribution in [3.05, 3.63) is 59.7 Å². The summed E-state index contributed by atoms with van der Waals surface area (Å²) in [6, 6.07) is 16.4. The molecule has 0 aliphatic carbocycles. The molecule has 2 heterocycles. The molecule has 142 valence electrons. The minimum absolute atomic E-state index is 0.0247. The zero-order valence-electron chi connectivity index (χ0n) is 15.6. The number of nitrogens with one attached hydrogen (secondary N) is 1. The number of hydrogen-bond donors (Lipinski definition) is 2. The Morgan fingerprint density at radius 2 is 2.07 bits per heavy atom. The smallest absolute Gasteiger partial charge is 0.225 e. The van der Waals surface area contributed by atoms with Crippen LogP contribution in [0.5, 0.6) is 11.5 Å². The number of fused-ring (bicyclic) bond motifs is 1. The SMILES string of the molecule is COc1cc(CNC(=O)[C@H]2C[C@@H](c3ccccc3)N3CCC[C@H]23)ccc1O. The highest BCUT2D eigenvalue weighted by atomic mass is 16.5. The maximum Gasteiger partial charge on any atom is 0.225 e. The molecule has 27 heavy (non-hydrogen) atoms. The van der Waals surface area contributed by atoms with Crippen molar-refractivity contribution in [2.75, 3.05) is 13.7 Å². The summed E-state index contributed by atoms with van der Waals surface area (Å²) in [6.07, 6.45) is 3.13. The molecule has 0 bridgehead atoms. The number of aromatic hydroxyl groups is 1. The predicted octanol–water partition coefficient (Wildman–Crippen LogP) is 3.24. The Labute approximate surface area is 160 Å². The molecule has 4 rings (SSSR count). The van der Waals surface area contributed by atoms with Crippen LogP contribution >= 0.6 is 0 Å². The van der Waals surface area contributed by atoms with Gasteiger partial charge in [-0.3, -0.25) is 9.69 Å². The molecule has 0 spiro atoms. The van der Waals surface area contributed by atoms with Gasteiger partial charge in [0.25, 0.3) is 0 Å². The highest BCUT2D eigenvalue weighted by Gasteiger charge is 2.46. The Kier molecular flexibility index (Phi) is 5.03. The van der Waals surface area contributed by atoms with Crippen LogP contribution in [-0.4, -0.2) is 35.6 Å². The molecule has 2 saturated heterocycles. The fraction of sp³-hybridized carbons (Fsp3) is 0.409. The molecule has 0 radical (unpaired) electrons. The third-order valence-electron chi connectivity index (χ3n) is 5.92. The lowest BCUT2D eigenvalue weighted by atomic mass is 9.93. The van der Waals surface area contributed by atoms with E-state index in [2.05, 4.69) is 34.5 Å². The van der Waals surface area contributed by atoms with Crippen molar-refractivity contribution >= 4 is 5.91 Å². The van der Waals surface area contributed by atoms with Gasteiger partial charge >= 0.3 is 0 Å². The van der Waals surface area contributed by atoms with Gasteiger partial charge in [-0.2, -0.15) is 0 Å². The van der Waals surface area contributed by atoms with Crippen LogP contribution in [0.4, 0.5) is 0 Å². The number of rotatable bonds is 5. The quantitative estimate of drug-likeness (QED) is 0.853. The lowest BCUT2D eigenvalue weighted by Crippen LogP contribution is -2.37. The Morgan fingerprint density at radius 1 is 1.26 bits per heavy atom. The van der Waals surface area contributed by atoms with Crippen LogP contribution in [0.3, 0.4) is 0 Å². The molecule has 1 amide bonds. The van der Waals surface area contributed by atoms with Crippen molar-refractivity contribution in [2.45, 2.75) is 37.9 Å². The fourth-order valence-corrected chi connectivity index (χ4v) is 4.60. The van der Waals surface area contributed by atoms with Crippen LogP contribution in [0.1, 0.15) is 36.4 Å². The zero-order chi connectivity index (χ0) is 18.8. The van der Waals surface area contributed by atoms with Crippen molar-refractivity contribution < 1.29 is 14.6 Å². The van der Waals surface area contributed by atoms with Crippen molar-refractivity contribution in [1.82, 2.24) is 10.2 Å². The van der Waals surface area contributed by atoms with E-state index >= 15 is 0 Å². The van der Waals surface area contributed by atoms with Crippen LogP contribution in [0.15, 0.2) is 48.5 Å².